The average Bonchev–Trinajstić information content (AvgIpc) is 1.98. The monoisotopic (exact) mass is 249 g/mol. The largest absolute Gasteiger partial charge is 0.186 e. The summed E-state index contributed by atoms with van der Waals surface area (Å²) in [5.74, 6) is 0. The van der Waals surface area contributed by atoms with Crippen LogP contribution >= 0.6 is 46.4 Å². The number of halogens is 4. The highest BCUT2D eigenvalue weighted by Crippen LogP contribution is 2.42. The molecule has 0 aliphatic carbocycles. The molecule has 0 aromatic rings. The lowest BCUT2D eigenvalue weighted by Gasteiger charge is -2.18. The Morgan fingerprint density at radius 3 is 2.08 bits per heavy atom. The van der Waals surface area contributed by atoms with Crippen molar-refractivity contribution < 1.29 is 0 Å². The van der Waals surface area contributed by atoms with E-state index in [9.17, 15) is 0 Å². The van der Waals surface area contributed by atoms with Crippen molar-refractivity contribution in [1.29, 1.82) is 0 Å². The zero-order chi connectivity index (χ0) is 9.61. The van der Waals surface area contributed by atoms with E-state index >= 15 is 0 Å². The van der Waals surface area contributed by atoms with Gasteiger partial charge in [0.25, 0.3) is 0 Å². The molecule has 0 bridgehead atoms. The van der Waals surface area contributed by atoms with Crippen LogP contribution in [-0.4, -0.2) is 4.33 Å². The first kappa shape index (κ1) is 13.2. The third-order valence-electron chi connectivity index (χ3n) is 1.62. The van der Waals surface area contributed by atoms with Gasteiger partial charge >= 0.3 is 0 Å². The van der Waals surface area contributed by atoms with Gasteiger partial charge in [0.1, 0.15) is 0 Å². The molecule has 0 unspecified atom stereocenters. The zero-order valence-electron chi connectivity index (χ0n) is 7.05. The molecule has 0 atom stereocenters. The highest BCUT2D eigenvalue weighted by atomic mass is 35.5. The molecule has 4 heteroatoms. The fourth-order valence-corrected chi connectivity index (χ4v) is 1.32. The van der Waals surface area contributed by atoms with Crippen molar-refractivity contribution in [2.24, 2.45) is 0 Å². The summed E-state index contributed by atoms with van der Waals surface area (Å²) in [4.78, 5) is 0.0438. The van der Waals surface area contributed by atoms with Gasteiger partial charge in [-0.3, -0.25) is 0 Å². The van der Waals surface area contributed by atoms with E-state index in [2.05, 4.69) is 6.92 Å². The molecule has 1 radical (unpaired) electrons. The van der Waals surface area contributed by atoms with Crippen LogP contribution in [0.2, 0.25) is 0 Å². The van der Waals surface area contributed by atoms with Crippen LogP contribution in [0.25, 0.3) is 0 Å². The van der Waals surface area contributed by atoms with Crippen LogP contribution < -0.4 is 0 Å². The third-order valence-corrected chi connectivity index (χ3v) is 3.41. The van der Waals surface area contributed by atoms with Gasteiger partial charge in [-0.05, 0) is 6.42 Å². The van der Waals surface area contributed by atoms with Crippen LogP contribution in [0.5, 0.6) is 0 Å². The Labute approximate surface area is 94.5 Å². The maximum atomic E-state index is 5.81. The number of hydrogen-bond acceptors (Lipinski definition) is 0. The van der Waals surface area contributed by atoms with Gasteiger partial charge in [-0.2, -0.15) is 0 Å². The minimum absolute atomic E-state index is 0.0438. The van der Waals surface area contributed by atoms with E-state index < -0.39 is 4.33 Å². The first-order chi connectivity index (χ1) is 5.50. The van der Waals surface area contributed by atoms with E-state index in [-0.39, 0.29) is 4.84 Å². The van der Waals surface area contributed by atoms with Gasteiger partial charge in [0.05, 0.1) is 0 Å². The topological polar surface area (TPSA) is 0 Å². The summed E-state index contributed by atoms with van der Waals surface area (Å²) in [6.45, 7) is 2.15. The molecule has 0 saturated heterocycles. The van der Waals surface area contributed by atoms with E-state index in [4.69, 9.17) is 46.4 Å². The molecular formula is C8H13Cl4. The SMILES string of the molecule is CCCCCCC(Cl)(Cl)[C](Cl)Cl. The van der Waals surface area contributed by atoms with Crippen LogP contribution in [0.1, 0.15) is 39.0 Å². The molecule has 0 saturated carbocycles. The smallest absolute Gasteiger partial charge is 0.0982 e. The third kappa shape index (κ3) is 5.75. The molecule has 0 fully saturated rings. The van der Waals surface area contributed by atoms with Crippen molar-refractivity contribution in [3.8, 4) is 0 Å². The average molecular weight is 251 g/mol. The fraction of sp³-hybridized carbons (Fsp3) is 0.875. The normalized spacial score (nSPS) is 12.5. The lowest BCUT2D eigenvalue weighted by molar-refractivity contribution is 0.618. The molecule has 0 nitrogen and oxygen atoms in total. The van der Waals surface area contributed by atoms with Gasteiger partial charge in [-0.1, -0.05) is 79.0 Å². The quantitative estimate of drug-likeness (QED) is 0.455. The van der Waals surface area contributed by atoms with Gasteiger partial charge in [0.15, 0.2) is 9.17 Å². The minimum atomic E-state index is -1.06. The molecule has 73 valence electrons. The molecule has 0 aliphatic heterocycles. The highest BCUT2D eigenvalue weighted by molar-refractivity contribution is 6.65. The number of hydrogen-bond donors (Lipinski definition) is 0. The maximum absolute atomic E-state index is 5.81. The minimum Gasteiger partial charge on any atom is -0.0982 e. The van der Waals surface area contributed by atoms with Gasteiger partial charge in [0.2, 0.25) is 0 Å². The Morgan fingerprint density at radius 2 is 1.67 bits per heavy atom. The Balaban J connectivity index is 3.47. The van der Waals surface area contributed by atoms with E-state index in [0.717, 1.165) is 12.8 Å². The van der Waals surface area contributed by atoms with Crippen LogP contribution in [0, 0.1) is 4.84 Å². The van der Waals surface area contributed by atoms with E-state index in [1.54, 1.807) is 0 Å². The molecule has 0 aromatic heterocycles. The Morgan fingerprint density at radius 1 is 1.08 bits per heavy atom. The first-order valence-electron chi connectivity index (χ1n) is 4.07. The fourth-order valence-electron chi connectivity index (χ4n) is 0.868. The number of rotatable bonds is 6. The van der Waals surface area contributed by atoms with Crippen molar-refractivity contribution in [2.75, 3.05) is 0 Å². The summed E-state index contributed by atoms with van der Waals surface area (Å²) in [5, 5.41) is 0. The molecule has 0 aliphatic rings. The standard InChI is InChI=1S/C8H13Cl4/c1-2-3-4-5-6-8(11,12)7(9)10/h2-6H2,1H3. The maximum Gasteiger partial charge on any atom is 0.186 e. The van der Waals surface area contributed by atoms with Crippen LogP contribution in [0.15, 0.2) is 0 Å². The first-order valence-corrected chi connectivity index (χ1v) is 5.58. The van der Waals surface area contributed by atoms with Crippen molar-refractivity contribution >= 4 is 46.4 Å². The van der Waals surface area contributed by atoms with Gasteiger partial charge in [-0.25, -0.2) is 0 Å². The molecule has 0 aromatic carbocycles. The van der Waals surface area contributed by atoms with E-state index in [1.807, 2.05) is 0 Å². The summed E-state index contributed by atoms with van der Waals surface area (Å²) >= 11 is 22.6. The van der Waals surface area contributed by atoms with Crippen LogP contribution in [-0.2, 0) is 0 Å². The van der Waals surface area contributed by atoms with Gasteiger partial charge in [-0.15, -0.1) is 0 Å². The lowest BCUT2D eigenvalue weighted by atomic mass is 10.1. The van der Waals surface area contributed by atoms with Crippen molar-refractivity contribution in [3.05, 3.63) is 4.84 Å². The van der Waals surface area contributed by atoms with Crippen LogP contribution in [0.3, 0.4) is 0 Å². The molecule has 0 rings (SSSR count). The molecular weight excluding hydrogens is 238 g/mol. The van der Waals surface area contributed by atoms with Crippen LogP contribution in [0.4, 0.5) is 0 Å². The van der Waals surface area contributed by atoms with Crippen molar-refractivity contribution in [2.45, 2.75) is 43.4 Å². The van der Waals surface area contributed by atoms with Gasteiger partial charge < -0.3 is 0 Å². The molecule has 0 amide bonds. The zero-order valence-corrected chi connectivity index (χ0v) is 10.1. The Kier molecular flexibility index (Phi) is 7.23. The summed E-state index contributed by atoms with van der Waals surface area (Å²) in [6.07, 6.45) is 5.10. The second-order valence-electron chi connectivity index (χ2n) is 2.78. The molecule has 12 heavy (non-hydrogen) atoms. The Hall–Kier alpha value is 1.16. The number of alkyl halides is 2. The number of unbranched alkanes of at least 4 members (excludes halogenated alkanes) is 3. The predicted octanol–water partition coefficient (Wildman–Crippen LogP) is 5.10. The molecule has 0 spiro atoms. The highest BCUT2D eigenvalue weighted by Gasteiger charge is 2.32. The summed E-state index contributed by atoms with van der Waals surface area (Å²) in [6, 6.07) is 0. The van der Waals surface area contributed by atoms with Crippen molar-refractivity contribution in [1.82, 2.24) is 0 Å². The lowest BCUT2D eigenvalue weighted by Crippen LogP contribution is -2.15. The second kappa shape index (κ2) is 6.59. The summed E-state index contributed by atoms with van der Waals surface area (Å²) in [5.41, 5.74) is 0. The molecule has 0 heterocycles. The Bertz CT molecular complexity index is 112. The second-order valence-corrected chi connectivity index (χ2v) is 5.21. The summed E-state index contributed by atoms with van der Waals surface area (Å²) in [7, 11) is 0. The van der Waals surface area contributed by atoms with Gasteiger partial charge in [0, 0.05) is 0 Å². The molecule has 0 N–H and O–H groups in total. The van der Waals surface area contributed by atoms with Crippen molar-refractivity contribution in [3.63, 3.8) is 0 Å². The predicted molar refractivity (Wildman–Crippen MR) is 58.1 cm³/mol. The van der Waals surface area contributed by atoms with E-state index in [0.29, 0.717) is 6.42 Å². The summed E-state index contributed by atoms with van der Waals surface area (Å²) < 4.78 is -1.06. The van der Waals surface area contributed by atoms with E-state index in [1.165, 1.54) is 12.8 Å².